The average Bonchev–Trinajstić information content (AvgIpc) is 3.49. The Bertz CT molecular complexity index is 865. The quantitative estimate of drug-likeness (QED) is 0.633. The summed E-state index contributed by atoms with van der Waals surface area (Å²) in [5, 5.41) is 0. The zero-order valence-corrected chi connectivity index (χ0v) is 18.2. The topological polar surface area (TPSA) is 40.6 Å². The first kappa shape index (κ1) is 20.3. The zero-order chi connectivity index (χ0) is 20.4. The highest BCUT2D eigenvalue weighted by molar-refractivity contribution is 7.17. The molecule has 4 nitrogen and oxygen atoms in total. The standard InChI is InChI=1S/C24H30N2O2S/c1-17(2)23(27)22-12-11-21(29-22)18-7-9-19(10-8-18)24(28)26-15-5-6-20(26)16-25-13-3-4-14-25/h7-12,17,20H,3-6,13-16H2,1-2H3. The van der Waals surface area contributed by atoms with Gasteiger partial charge in [0.2, 0.25) is 0 Å². The smallest absolute Gasteiger partial charge is 0.254 e. The molecule has 2 fully saturated rings. The van der Waals surface area contributed by atoms with Crippen molar-refractivity contribution in [1.82, 2.24) is 9.80 Å². The second-order valence-corrected chi connectivity index (χ2v) is 9.65. The number of nitrogens with zero attached hydrogens (tertiary/aromatic N) is 2. The number of Topliss-reactive ketones (excluding diaryl/α,β-unsaturated/α-hetero) is 1. The lowest BCUT2D eigenvalue weighted by Crippen LogP contribution is -2.42. The van der Waals surface area contributed by atoms with Crippen LogP contribution in [0.4, 0.5) is 0 Å². The molecule has 0 N–H and O–H groups in total. The van der Waals surface area contributed by atoms with Crippen molar-refractivity contribution < 1.29 is 9.59 Å². The first-order valence-corrected chi connectivity index (χ1v) is 11.6. The largest absolute Gasteiger partial charge is 0.334 e. The molecular formula is C24H30N2O2S. The Morgan fingerprint density at radius 2 is 1.72 bits per heavy atom. The van der Waals surface area contributed by atoms with E-state index in [0.29, 0.717) is 6.04 Å². The van der Waals surface area contributed by atoms with E-state index in [4.69, 9.17) is 0 Å². The minimum absolute atomic E-state index is 0.00969. The maximum atomic E-state index is 13.1. The van der Waals surface area contributed by atoms with Crippen LogP contribution in [0.15, 0.2) is 36.4 Å². The van der Waals surface area contributed by atoms with Crippen LogP contribution >= 0.6 is 11.3 Å². The maximum Gasteiger partial charge on any atom is 0.254 e. The average molecular weight is 411 g/mol. The van der Waals surface area contributed by atoms with Gasteiger partial charge in [-0.1, -0.05) is 26.0 Å². The van der Waals surface area contributed by atoms with Crippen molar-refractivity contribution >= 4 is 23.0 Å². The summed E-state index contributed by atoms with van der Waals surface area (Å²) in [6, 6.07) is 12.2. The van der Waals surface area contributed by atoms with E-state index < -0.39 is 0 Å². The van der Waals surface area contributed by atoms with Crippen molar-refractivity contribution in [1.29, 1.82) is 0 Å². The highest BCUT2D eigenvalue weighted by atomic mass is 32.1. The van der Waals surface area contributed by atoms with Gasteiger partial charge in [0.05, 0.1) is 4.88 Å². The molecule has 1 unspecified atom stereocenters. The summed E-state index contributed by atoms with van der Waals surface area (Å²) in [6.07, 6.45) is 4.79. The second-order valence-electron chi connectivity index (χ2n) is 8.56. The van der Waals surface area contributed by atoms with Crippen molar-refractivity contribution in [2.75, 3.05) is 26.2 Å². The van der Waals surface area contributed by atoms with E-state index in [-0.39, 0.29) is 17.6 Å². The van der Waals surface area contributed by atoms with E-state index in [1.807, 2.05) is 50.2 Å². The van der Waals surface area contributed by atoms with E-state index >= 15 is 0 Å². The van der Waals surface area contributed by atoms with E-state index in [9.17, 15) is 9.59 Å². The van der Waals surface area contributed by atoms with Crippen LogP contribution in [-0.2, 0) is 0 Å². The molecule has 29 heavy (non-hydrogen) atoms. The molecule has 2 saturated heterocycles. The Balaban J connectivity index is 1.44. The van der Waals surface area contributed by atoms with E-state index in [2.05, 4.69) is 9.80 Å². The molecule has 5 heteroatoms. The molecule has 1 aromatic carbocycles. The minimum atomic E-state index is 0.00969. The molecule has 1 aromatic heterocycles. The van der Waals surface area contributed by atoms with Gasteiger partial charge in [0.1, 0.15) is 0 Å². The third kappa shape index (κ3) is 4.46. The van der Waals surface area contributed by atoms with Gasteiger partial charge < -0.3 is 9.80 Å². The van der Waals surface area contributed by atoms with Crippen LogP contribution < -0.4 is 0 Å². The van der Waals surface area contributed by atoms with Crippen LogP contribution in [0.25, 0.3) is 10.4 Å². The van der Waals surface area contributed by atoms with Crippen molar-refractivity contribution in [2.24, 2.45) is 5.92 Å². The Labute approximate surface area is 177 Å². The summed E-state index contributed by atoms with van der Waals surface area (Å²) in [7, 11) is 0. The summed E-state index contributed by atoms with van der Waals surface area (Å²) in [4.78, 5) is 31.8. The molecule has 0 bridgehead atoms. The van der Waals surface area contributed by atoms with E-state index in [0.717, 1.165) is 46.8 Å². The molecule has 0 radical (unpaired) electrons. The van der Waals surface area contributed by atoms with Gasteiger partial charge in [-0.25, -0.2) is 0 Å². The van der Waals surface area contributed by atoms with Crippen LogP contribution in [0.1, 0.15) is 59.6 Å². The van der Waals surface area contributed by atoms with Gasteiger partial charge in [-0.2, -0.15) is 0 Å². The summed E-state index contributed by atoms with van der Waals surface area (Å²) in [5.74, 6) is 0.349. The van der Waals surface area contributed by atoms with Crippen molar-refractivity contribution in [3.63, 3.8) is 0 Å². The summed E-state index contributed by atoms with van der Waals surface area (Å²) in [6.45, 7) is 8.09. The fraction of sp³-hybridized carbons (Fsp3) is 0.500. The molecule has 0 saturated carbocycles. The molecule has 0 spiro atoms. The van der Waals surface area contributed by atoms with Gasteiger partial charge in [-0.05, 0) is 68.6 Å². The number of hydrogen-bond donors (Lipinski definition) is 0. The molecule has 2 aromatic rings. The van der Waals surface area contributed by atoms with Crippen LogP contribution in [0.2, 0.25) is 0 Å². The normalized spacial score (nSPS) is 20.0. The predicted octanol–water partition coefficient (Wildman–Crippen LogP) is 4.95. The molecule has 2 aliphatic heterocycles. The Hall–Kier alpha value is -1.98. The molecule has 4 rings (SSSR count). The number of hydrogen-bond acceptors (Lipinski definition) is 4. The van der Waals surface area contributed by atoms with E-state index in [1.54, 1.807) is 0 Å². The van der Waals surface area contributed by atoms with Crippen LogP contribution in [0.5, 0.6) is 0 Å². The Morgan fingerprint density at radius 1 is 1.00 bits per heavy atom. The third-order valence-corrected chi connectivity index (χ3v) is 7.24. The SMILES string of the molecule is CC(C)C(=O)c1ccc(-c2ccc(C(=O)N3CCCC3CN3CCCC3)cc2)s1. The van der Waals surface area contributed by atoms with Crippen molar-refractivity contribution in [3.8, 4) is 10.4 Å². The van der Waals surface area contributed by atoms with Gasteiger partial charge in [-0.15, -0.1) is 11.3 Å². The maximum absolute atomic E-state index is 13.1. The first-order chi connectivity index (χ1) is 14.0. The number of benzene rings is 1. The predicted molar refractivity (Wildman–Crippen MR) is 119 cm³/mol. The van der Waals surface area contributed by atoms with Gasteiger partial charge in [0.25, 0.3) is 5.91 Å². The highest BCUT2D eigenvalue weighted by Gasteiger charge is 2.31. The van der Waals surface area contributed by atoms with Crippen molar-refractivity contribution in [3.05, 3.63) is 46.8 Å². The molecular weight excluding hydrogens is 380 g/mol. The lowest BCUT2D eigenvalue weighted by Gasteiger charge is -2.28. The van der Waals surface area contributed by atoms with Crippen LogP contribution in [0, 0.1) is 5.92 Å². The number of ketones is 1. The minimum Gasteiger partial charge on any atom is -0.334 e. The molecule has 0 aliphatic carbocycles. The Morgan fingerprint density at radius 3 is 2.41 bits per heavy atom. The number of rotatable bonds is 6. The molecule has 154 valence electrons. The molecule has 2 aliphatic rings. The van der Waals surface area contributed by atoms with Gasteiger partial charge in [0, 0.05) is 35.5 Å². The second kappa shape index (κ2) is 8.80. The van der Waals surface area contributed by atoms with Crippen LogP contribution in [0.3, 0.4) is 0 Å². The van der Waals surface area contributed by atoms with Gasteiger partial charge in [0.15, 0.2) is 5.78 Å². The molecule has 1 atom stereocenters. The molecule has 3 heterocycles. The summed E-state index contributed by atoms with van der Waals surface area (Å²) in [5.41, 5.74) is 1.82. The molecule has 1 amide bonds. The Kier molecular flexibility index (Phi) is 6.16. The fourth-order valence-corrected chi connectivity index (χ4v) is 5.51. The summed E-state index contributed by atoms with van der Waals surface area (Å²) >= 11 is 1.53. The lowest BCUT2D eigenvalue weighted by molar-refractivity contribution is 0.0708. The number of carbonyl (C=O) groups excluding carboxylic acids is 2. The van der Waals surface area contributed by atoms with Crippen molar-refractivity contribution in [2.45, 2.75) is 45.6 Å². The highest BCUT2D eigenvalue weighted by Crippen LogP contribution is 2.30. The number of thiophene rings is 1. The third-order valence-electron chi connectivity index (χ3n) is 6.10. The monoisotopic (exact) mass is 410 g/mol. The zero-order valence-electron chi connectivity index (χ0n) is 17.4. The van der Waals surface area contributed by atoms with Gasteiger partial charge in [-0.3, -0.25) is 9.59 Å². The number of carbonyl (C=O) groups is 2. The number of likely N-dealkylation sites (tertiary alicyclic amines) is 2. The van der Waals surface area contributed by atoms with Crippen LogP contribution in [-0.4, -0.2) is 53.7 Å². The van der Waals surface area contributed by atoms with E-state index in [1.165, 1.54) is 37.3 Å². The fourth-order valence-electron chi connectivity index (χ4n) is 4.41. The first-order valence-electron chi connectivity index (χ1n) is 10.8. The number of amides is 1. The van der Waals surface area contributed by atoms with Gasteiger partial charge >= 0.3 is 0 Å². The summed E-state index contributed by atoms with van der Waals surface area (Å²) < 4.78 is 0. The lowest BCUT2D eigenvalue weighted by atomic mass is 10.1.